The van der Waals surface area contributed by atoms with E-state index >= 15 is 0 Å². The molecule has 0 saturated carbocycles. The van der Waals surface area contributed by atoms with Crippen LogP contribution in [-0.4, -0.2) is 29.0 Å². The molecule has 6 heteroatoms. The molecular formula is C18H23NO4S. The van der Waals surface area contributed by atoms with Crippen LogP contribution in [0.15, 0.2) is 35.1 Å². The van der Waals surface area contributed by atoms with Gasteiger partial charge in [-0.25, -0.2) is 0 Å². The lowest BCUT2D eigenvalue weighted by Crippen LogP contribution is -2.17. The summed E-state index contributed by atoms with van der Waals surface area (Å²) < 4.78 is 12.9. The molecule has 5 nitrogen and oxygen atoms in total. The van der Waals surface area contributed by atoms with E-state index in [1.807, 2.05) is 30.7 Å². The Labute approximate surface area is 146 Å². The molecule has 0 fully saturated rings. The van der Waals surface area contributed by atoms with Gasteiger partial charge in [-0.2, -0.15) is 0 Å². The summed E-state index contributed by atoms with van der Waals surface area (Å²) in [5, 5.41) is 10.6. The van der Waals surface area contributed by atoms with Crippen LogP contribution in [0.1, 0.15) is 23.1 Å². The number of nitrogens with zero attached hydrogens (tertiary/aromatic N) is 1. The summed E-state index contributed by atoms with van der Waals surface area (Å²) >= 11 is 1.56. The summed E-state index contributed by atoms with van der Waals surface area (Å²) in [6.07, 6.45) is 1.24. The standard InChI is InChI=1S/C18H23NO4S/c1-12-7-15(20)8-13(2)19(12)10-16(21)14-5-6-17(22-3)18(9-14)23-11-24-4/h5-9,16,21H,10-11H2,1-4H3. The van der Waals surface area contributed by atoms with Crippen LogP contribution in [0.4, 0.5) is 0 Å². The van der Waals surface area contributed by atoms with E-state index < -0.39 is 6.10 Å². The highest BCUT2D eigenvalue weighted by Crippen LogP contribution is 2.31. The quantitative estimate of drug-likeness (QED) is 0.779. The Morgan fingerprint density at radius 1 is 1.17 bits per heavy atom. The van der Waals surface area contributed by atoms with E-state index in [0.717, 1.165) is 17.0 Å². The second-order valence-electron chi connectivity index (χ2n) is 5.56. The Hall–Kier alpha value is -1.92. The molecular weight excluding hydrogens is 326 g/mol. The number of methoxy groups -OCH3 is 1. The predicted octanol–water partition coefficient (Wildman–Crippen LogP) is 2.91. The molecule has 0 saturated heterocycles. The fourth-order valence-electron chi connectivity index (χ4n) is 2.59. The van der Waals surface area contributed by atoms with Gasteiger partial charge in [0.2, 0.25) is 0 Å². The summed E-state index contributed by atoms with van der Waals surface area (Å²) in [5.41, 5.74) is 2.37. The van der Waals surface area contributed by atoms with E-state index in [9.17, 15) is 9.90 Å². The van der Waals surface area contributed by atoms with Gasteiger partial charge in [-0.1, -0.05) is 6.07 Å². The summed E-state index contributed by atoms with van der Waals surface area (Å²) in [6, 6.07) is 8.55. The number of thioether (sulfide) groups is 1. The van der Waals surface area contributed by atoms with Gasteiger partial charge in [-0.05, 0) is 37.8 Å². The third kappa shape index (κ3) is 4.33. The van der Waals surface area contributed by atoms with Gasteiger partial charge in [0.15, 0.2) is 16.9 Å². The first kappa shape index (κ1) is 18.4. The maximum Gasteiger partial charge on any atom is 0.182 e. The molecule has 0 aliphatic carbocycles. The van der Waals surface area contributed by atoms with Crippen molar-refractivity contribution in [3.63, 3.8) is 0 Å². The lowest BCUT2D eigenvalue weighted by molar-refractivity contribution is 0.154. The number of aryl methyl sites for hydroxylation is 2. The number of pyridine rings is 1. The number of rotatable bonds is 7. The maximum absolute atomic E-state index is 11.5. The molecule has 1 aromatic carbocycles. The SMILES string of the molecule is COc1ccc(C(O)Cn2c(C)cc(=O)cc2C)cc1OCSC. The Kier molecular flexibility index (Phi) is 6.34. The zero-order chi connectivity index (χ0) is 17.7. The Morgan fingerprint density at radius 2 is 1.83 bits per heavy atom. The molecule has 1 aromatic heterocycles. The molecule has 0 radical (unpaired) electrons. The number of aliphatic hydroxyl groups is 1. The molecule has 0 spiro atoms. The van der Waals surface area contributed by atoms with Crippen LogP contribution >= 0.6 is 11.8 Å². The van der Waals surface area contributed by atoms with Gasteiger partial charge in [-0.15, -0.1) is 11.8 Å². The van der Waals surface area contributed by atoms with Crippen molar-refractivity contribution in [2.24, 2.45) is 0 Å². The first-order valence-corrected chi connectivity index (χ1v) is 9.01. The topological polar surface area (TPSA) is 60.7 Å². The van der Waals surface area contributed by atoms with Crippen LogP contribution < -0.4 is 14.9 Å². The molecule has 1 unspecified atom stereocenters. The van der Waals surface area contributed by atoms with Crippen LogP contribution in [0.5, 0.6) is 11.5 Å². The first-order chi connectivity index (χ1) is 11.5. The van der Waals surface area contributed by atoms with Crippen molar-refractivity contribution in [1.29, 1.82) is 0 Å². The van der Waals surface area contributed by atoms with Gasteiger partial charge in [0.1, 0.15) is 5.94 Å². The molecule has 1 atom stereocenters. The highest BCUT2D eigenvalue weighted by atomic mass is 32.2. The average Bonchev–Trinajstić information content (AvgIpc) is 2.55. The summed E-state index contributed by atoms with van der Waals surface area (Å²) in [7, 11) is 1.59. The minimum atomic E-state index is -0.715. The third-order valence-corrected chi connectivity index (χ3v) is 4.17. The Balaban J connectivity index is 2.26. The fourth-order valence-corrected chi connectivity index (χ4v) is 2.83. The molecule has 130 valence electrons. The normalized spacial score (nSPS) is 12.0. The minimum Gasteiger partial charge on any atom is -0.493 e. The number of ether oxygens (including phenoxy) is 2. The van der Waals surface area contributed by atoms with Crippen molar-refractivity contribution in [2.75, 3.05) is 19.3 Å². The predicted molar refractivity (Wildman–Crippen MR) is 97.1 cm³/mol. The van der Waals surface area contributed by atoms with Gasteiger partial charge >= 0.3 is 0 Å². The van der Waals surface area contributed by atoms with Gasteiger partial charge in [0.25, 0.3) is 0 Å². The van der Waals surface area contributed by atoms with E-state index in [2.05, 4.69) is 0 Å². The van der Waals surface area contributed by atoms with E-state index in [1.165, 1.54) is 0 Å². The average molecular weight is 349 g/mol. The molecule has 2 aromatic rings. The van der Waals surface area contributed by atoms with Crippen LogP contribution in [-0.2, 0) is 6.54 Å². The smallest absolute Gasteiger partial charge is 0.182 e. The van der Waals surface area contributed by atoms with Crippen molar-refractivity contribution in [3.05, 3.63) is 57.5 Å². The largest absolute Gasteiger partial charge is 0.493 e. The highest BCUT2D eigenvalue weighted by Gasteiger charge is 2.14. The summed E-state index contributed by atoms with van der Waals surface area (Å²) in [4.78, 5) is 11.5. The van der Waals surface area contributed by atoms with Gasteiger partial charge in [0.05, 0.1) is 19.8 Å². The highest BCUT2D eigenvalue weighted by molar-refractivity contribution is 7.98. The molecule has 1 heterocycles. The number of aliphatic hydroxyl groups excluding tert-OH is 1. The number of hydrogen-bond donors (Lipinski definition) is 1. The molecule has 0 aliphatic rings. The maximum atomic E-state index is 11.5. The van der Waals surface area contributed by atoms with E-state index in [1.54, 1.807) is 43.1 Å². The summed E-state index contributed by atoms with van der Waals surface area (Å²) in [6.45, 7) is 4.09. The van der Waals surface area contributed by atoms with Crippen LogP contribution in [0.3, 0.4) is 0 Å². The zero-order valence-corrected chi connectivity index (χ0v) is 15.2. The molecule has 0 amide bonds. The Morgan fingerprint density at radius 3 is 2.42 bits per heavy atom. The number of hydrogen-bond acceptors (Lipinski definition) is 5. The van der Waals surface area contributed by atoms with Crippen molar-refractivity contribution in [3.8, 4) is 11.5 Å². The summed E-state index contributed by atoms with van der Waals surface area (Å²) in [5.74, 6) is 1.75. The third-order valence-electron chi connectivity index (χ3n) is 3.81. The number of aromatic nitrogens is 1. The molecule has 24 heavy (non-hydrogen) atoms. The van der Waals surface area contributed by atoms with Crippen LogP contribution in [0, 0.1) is 13.8 Å². The second-order valence-corrected chi connectivity index (χ2v) is 6.37. The number of benzene rings is 1. The molecule has 0 bridgehead atoms. The second kappa shape index (κ2) is 8.26. The lowest BCUT2D eigenvalue weighted by Gasteiger charge is -2.19. The molecule has 2 rings (SSSR count). The van der Waals surface area contributed by atoms with E-state index in [-0.39, 0.29) is 5.43 Å². The molecule has 0 aliphatic heterocycles. The van der Waals surface area contributed by atoms with Gasteiger partial charge < -0.3 is 19.1 Å². The van der Waals surface area contributed by atoms with Crippen molar-refractivity contribution in [1.82, 2.24) is 4.57 Å². The zero-order valence-electron chi connectivity index (χ0n) is 14.4. The van der Waals surface area contributed by atoms with E-state index in [4.69, 9.17) is 9.47 Å². The van der Waals surface area contributed by atoms with Crippen LogP contribution in [0.2, 0.25) is 0 Å². The monoisotopic (exact) mass is 349 g/mol. The van der Waals surface area contributed by atoms with Crippen molar-refractivity contribution >= 4 is 11.8 Å². The fraction of sp³-hybridized carbons (Fsp3) is 0.389. The van der Waals surface area contributed by atoms with Crippen LogP contribution in [0.25, 0.3) is 0 Å². The van der Waals surface area contributed by atoms with Crippen molar-refractivity contribution in [2.45, 2.75) is 26.5 Å². The first-order valence-electron chi connectivity index (χ1n) is 7.62. The lowest BCUT2D eigenvalue weighted by atomic mass is 10.1. The van der Waals surface area contributed by atoms with Crippen molar-refractivity contribution < 1.29 is 14.6 Å². The molecule has 1 N–H and O–H groups in total. The van der Waals surface area contributed by atoms with E-state index in [0.29, 0.717) is 24.0 Å². The van der Waals surface area contributed by atoms with Gasteiger partial charge in [0, 0.05) is 23.5 Å². The minimum absolute atomic E-state index is 0.0204. The van der Waals surface area contributed by atoms with Gasteiger partial charge in [-0.3, -0.25) is 4.79 Å². The Bertz CT molecular complexity index is 731.